The molecule has 0 saturated heterocycles. The smallest absolute Gasteiger partial charge is 0.185 e. The third-order valence-corrected chi connectivity index (χ3v) is 3.62. The molecule has 0 aliphatic heterocycles. The van der Waals surface area contributed by atoms with Crippen LogP contribution in [0.4, 0.5) is 8.78 Å². The van der Waals surface area contributed by atoms with Crippen LogP contribution >= 0.6 is 15.9 Å². The van der Waals surface area contributed by atoms with Gasteiger partial charge in [-0.2, -0.15) is 5.26 Å². The number of ketones is 1. The third-order valence-electron chi connectivity index (χ3n) is 2.81. The molecule has 100 valence electrons. The second kappa shape index (κ2) is 5.93. The lowest BCUT2D eigenvalue weighted by molar-refractivity contribution is 0.0977. The summed E-state index contributed by atoms with van der Waals surface area (Å²) in [6.45, 7) is 0. The number of rotatable bonds is 3. The fourth-order valence-electron chi connectivity index (χ4n) is 1.79. The Balaban J connectivity index is 2.42. The zero-order valence-corrected chi connectivity index (χ0v) is 11.7. The minimum atomic E-state index is -1.10. The lowest BCUT2D eigenvalue weighted by Gasteiger charge is -2.10. The maximum atomic E-state index is 13.4. The molecule has 1 unspecified atom stereocenters. The van der Waals surface area contributed by atoms with Gasteiger partial charge in [0.25, 0.3) is 0 Å². The Bertz CT molecular complexity index is 692. The van der Waals surface area contributed by atoms with Gasteiger partial charge in [-0.3, -0.25) is 4.79 Å². The van der Waals surface area contributed by atoms with E-state index >= 15 is 0 Å². The van der Waals surface area contributed by atoms with Crippen molar-refractivity contribution in [2.45, 2.75) is 5.92 Å². The molecule has 1 atom stereocenters. The van der Waals surface area contributed by atoms with E-state index in [2.05, 4.69) is 15.9 Å². The number of hydrogen-bond donors (Lipinski definition) is 0. The fourth-order valence-corrected chi connectivity index (χ4v) is 2.25. The quantitative estimate of drug-likeness (QED) is 0.788. The molecule has 0 aliphatic carbocycles. The molecular weight excluding hydrogens is 328 g/mol. The van der Waals surface area contributed by atoms with Crippen molar-refractivity contribution in [3.8, 4) is 6.07 Å². The average molecular weight is 336 g/mol. The Kier molecular flexibility index (Phi) is 4.26. The Hall–Kier alpha value is -2.06. The molecule has 2 nitrogen and oxygen atoms in total. The summed E-state index contributed by atoms with van der Waals surface area (Å²) < 4.78 is 26.3. The summed E-state index contributed by atoms with van der Waals surface area (Å²) in [5.74, 6) is -2.67. The fraction of sp³-hybridized carbons (Fsp3) is 0.0667. The first kappa shape index (κ1) is 14.4. The minimum absolute atomic E-state index is 0.0207. The third kappa shape index (κ3) is 2.75. The van der Waals surface area contributed by atoms with Gasteiger partial charge in [0.15, 0.2) is 5.78 Å². The summed E-state index contributed by atoms with van der Waals surface area (Å²) in [6.07, 6.45) is 0. The van der Waals surface area contributed by atoms with E-state index in [-0.39, 0.29) is 10.0 Å². The molecule has 20 heavy (non-hydrogen) atoms. The predicted octanol–water partition coefficient (Wildman–Crippen LogP) is 4.22. The summed E-state index contributed by atoms with van der Waals surface area (Å²) >= 11 is 3.00. The maximum Gasteiger partial charge on any atom is 0.185 e. The zero-order valence-electron chi connectivity index (χ0n) is 10.1. The van der Waals surface area contributed by atoms with E-state index in [1.807, 2.05) is 6.07 Å². The van der Waals surface area contributed by atoms with Gasteiger partial charge in [0.2, 0.25) is 0 Å². The Morgan fingerprint density at radius 2 is 1.80 bits per heavy atom. The number of carbonyl (C=O) groups excluding carboxylic acids is 1. The molecule has 0 fully saturated rings. The van der Waals surface area contributed by atoms with Crippen molar-refractivity contribution < 1.29 is 13.6 Å². The normalized spacial score (nSPS) is 11.7. The molecule has 2 aromatic rings. The van der Waals surface area contributed by atoms with E-state index in [0.717, 1.165) is 0 Å². The number of nitrogens with zero attached hydrogens (tertiary/aromatic N) is 1. The average Bonchev–Trinajstić information content (AvgIpc) is 2.44. The zero-order chi connectivity index (χ0) is 14.7. The monoisotopic (exact) mass is 335 g/mol. The SMILES string of the molecule is N#CC(C(=O)c1cccc(F)c1Br)c1ccc(F)cc1. The van der Waals surface area contributed by atoms with Gasteiger partial charge < -0.3 is 0 Å². The molecule has 2 rings (SSSR count). The van der Waals surface area contributed by atoms with Crippen molar-refractivity contribution >= 4 is 21.7 Å². The van der Waals surface area contributed by atoms with Crippen molar-refractivity contribution in [3.63, 3.8) is 0 Å². The summed E-state index contributed by atoms with van der Waals surface area (Å²) in [4.78, 5) is 12.3. The lowest BCUT2D eigenvalue weighted by Crippen LogP contribution is -2.12. The second-order valence-corrected chi connectivity index (χ2v) is 4.87. The topological polar surface area (TPSA) is 40.9 Å². The van der Waals surface area contributed by atoms with E-state index in [0.29, 0.717) is 5.56 Å². The highest BCUT2D eigenvalue weighted by Gasteiger charge is 2.24. The van der Waals surface area contributed by atoms with Gasteiger partial charge in [0, 0.05) is 5.56 Å². The summed E-state index contributed by atoms with van der Waals surface area (Å²) in [5.41, 5.74) is 0.455. The van der Waals surface area contributed by atoms with Crippen molar-refractivity contribution in [3.05, 3.63) is 69.7 Å². The van der Waals surface area contributed by atoms with Crippen LogP contribution in [0.1, 0.15) is 21.8 Å². The maximum absolute atomic E-state index is 13.4. The van der Waals surface area contributed by atoms with Gasteiger partial charge in [-0.05, 0) is 45.8 Å². The lowest BCUT2D eigenvalue weighted by atomic mass is 9.92. The van der Waals surface area contributed by atoms with E-state index in [1.165, 1.54) is 42.5 Å². The first-order valence-corrected chi connectivity index (χ1v) is 6.47. The highest BCUT2D eigenvalue weighted by atomic mass is 79.9. The highest BCUT2D eigenvalue weighted by Crippen LogP contribution is 2.27. The van der Waals surface area contributed by atoms with Gasteiger partial charge in [-0.15, -0.1) is 0 Å². The van der Waals surface area contributed by atoms with Crippen molar-refractivity contribution in [2.24, 2.45) is 0 Å². The van der Waals surface area contributed by atoms with E-state index in [1.54, 1.807) is 0 Å². The van der Waals surface area contributed by atoms with Crippen LogP contribution in [0.25, 0.3) is 0 Å². The van der Waals surface area contributed by atoms with Gasteiger partial charge in [-0.25, -0.2) is 8.78 Å². The number of Topliss-reactive ketones (excluding diaryl/α,β-unsaturated/α-hetero) is 1. The van der Waals surface area contributed by atoms with Crippen LogP contribution < -0.4 is 0 Å². The Labute approximate surface area is 122 Å². The molecular formula is C15H8BrF2NO. The number of hydrogen-bond acceptors (Lipinski definition) is 2. The van der Waals surface area contributed by atoms with Crippen molar-refractivity contribution in [1.82, 2.24) is 0 Å². The summed E-state index contributed by atoms with van der Waals surface area (Å²) in [5, 5.41) is 9.17. The Morgan fingerprint density at radius 1 is 1.15 bits per heavy atom. The molecule has 0 N–H and O–H groups in total. The largest absolute Gasteiger partial charge is 0.292 e. The Morgan fingerprint density at radius 3 is 2.40 bits per heavy atom. The first-order chi connectivity index (χ1) is 9.54. The highest BCUT2D eigenvalue weighted by molar-refractivity contribution is 9.10. The second-order valence-electron chi connectivity index (χ2n) is 4.08. The van der Waals surface area contributed by atoms with Gasteiger partial charge in [0.1, 0.15) is 17.6 Å². The predicted molar refractivity (Wildman–Crippen MR) is 73.2 cm³/mol. The molecule has 0 heterocycles. The molecule has 2 aromatic carbocycles. The molecule has 0 bridgehead atoms. The molecule has 0 saturated carbocycles. The number of benzene rings is 2. The van der Waals surface area contributed by atoms with Gasteiger partial charge in [-0.1, -0.05) is 18.2 Å². The summed E-state index contributed by atoms with van der Waals surface area (Å²) in [7, 11) is 0. The van der Waals surface area contributed by atoms with Crippen LogP contribution in [0.5, 0.6) is 0 Å². The van der Waals surface area contributed by atoms with Crippen LogP contribution in [0, 0.1) is 23.0 Å². The van der Waals surface area contributed by atoms with Gasteiger partial charge >= 0.3 is 0 Å². The van der Waals surface area contributed by atoms with Crippen molar-refractivity contribution in [2.75, 3.05) is 0 Å². The summed E-state index contributed by atoms with van der Waals surface area (Å²) in [6, 6.07) is 11.0. The molecule has 5 heteroatoms. The van der Waals surface area contributed by atoms with E-state index in [9.17, 15) is 13.6 Å². The minimum Gasteiger partial charge on any atom is -0.292 e. The van der Waals surface area contributed by atoms with Crippen LogP contribution in [-0.4, -0.2) is 5.78 Å². The molecule has 0 radical (unpaired) electrons. The van der Waals surface area contributed by atoms with E-state index in [4.69, 9.17) is 5.26 Å². The van der Waals surface area contributed by atoms with Crippen LogP contribution in [0.3, 0.4) is 0 Å². The molecule has 0 aliphatic rings. The van der Waals surface area contributed by atoms with Gasteiger partial charge in [0.05, 0.1) is 10.5 Å². The standard InChI is InChI=1S/C15H8BrF2NO/c16-14-11(2-1-3-13(14)18)15(20)12(8-19)9-4-6-10(17)7-5-9/h1-7,12H. The van der Waals surface area contributed by atoms with E-state index < -0.39 is 23.3 Å². The molecule has 0 amide bonds. The number of carbonyl (C=O) groups is 1. The van der Waals surface area contributed by atoms with Crippen LogP contribution in [0.15, 0.2) is 46.9 Å². The van der Waals surface area contributed by atoms with Crippen molar-refractivity contribution in [1.29, 1.82) is 5.26 Å². The molecule has 0 spiro atoms. The van der Waals surface area contributed by atoms with Crippen LogP contribution in [0.2, 0.25) is 0 Å². The number of nitriles is 1. The first-order valence-electron chi connectivity index (χ1n) is 5.68. The number of halogens is 3. The molecule has 0 aromatic heterocycles. The van der Waals surface area contributed by atoms with Crippen LogP contribution in [-0.2, 0) is 0 Å².